The van der Waals surface area contributed by atoms with Gasteiger partial charge in [-0.25, -0.2) is 4.98 Å². The molecule has 0 spiro atoms. The van der Waals surface area contributed by atoms with E-state index in [0.717, 1.165) is 34.0 Å². The highest BCUT2D eigenvalue weighted by Gasteiger charge is 2.21. The Balaban J connectivity index is 1.34. The standard InChI is InChI=1S/C20H20N4O2S3/c1-11-7-8-14(29-11)13-9-27-19-16(13)17(25)21-15(22-19)10-28-20-24-23-18(26-20)12-5-3-2-4-6-12/h7-9,12H,2-6,10H2,1H3,(H,21,22,25). The van der Waals surface area contributed by atoms with Gasteiger partial charge in [0.25, 0.3) is 10.8 Å². The summed E-state index contributed by atoms with van der Waals surface area (Å²) in [5.41, 5.74) is 0.867. The molecule has 1 aliphatic carbocycles. The number of aryl methyl sites for hydroxylation is 1. The van der Waals surface area contributed by atoms with Gasteiger partial charge in [0.15, 0.2) is 0 Å². The van der Waals surface area contributed by atoms with Crippen LogP contribution in [0, 0.1) is 6.92 Å². The molecule has 0 atom stereocenters. The quantitative estimate of drug-likeness (QED) is 0.395. The van der Waals surface area contributed by atoms with Gasteiger partial charge >= 0.3 is 0 Å². The van der Waals surface area contributed by atoms with Crippen LogP contribution in [0.3, 0.4) is 0 Å². The van der Waals surface area contributed by atoms with E-state index < -0.39 is 0 Å². The van der Waals surface area contributed by atoms with Crippen LogP contribution in [0.5, 0.6) is 0 Å². The highest BCUT2D eigenvalue weighted by molar-refractivity contribution is 7.98. The lowest BCUT2D eigenvalue weighted by molar-refractivity contribution is 0.334. The van der Waals surface area contributed by atoms with Gasteiger partial charge < -0.3 is 9.40 Å². The highest BCUT2D eigenvalue weighted by atomic mass is 32.2. The lowest BCUT2D eigenvalue weighted by atomic mass is 9.89. The fourth-order valence-electron chi connectivity index (χ4n) is 3.75. The Morgan fingerprint density at radius 3 is 2.90 bits per heavy atom. The number of nitrogens with zero attached hydrogens (tertiary/aromatic N) is 3. The minimum Gasteiger partial charge on any atom is -0.416 e. The average Bonchev–Trinajstić information content (AvgIpc) is 3.46. The molecule has 0 bridgehead atoms. The second-order valence-corrected chi connectivity index (χ2v) is 10.4. The number of thioether (sulfide) groups is 1. The molecule has 4 aromatic heterocycles. The Morgan fingerprint density at radius 2 is 2.10 bits per heavy atom. The molecule has 0 aliphatic heterocycles. The van der Waals surface area contributed by atoms with Crippen LogP contribution >= 0.6 is 34.4 Å². The largest absolute Gasteiger partial charge is 0.416 e. The Kier molecular flexibility index (Phi) is 5.28. The smallest absolute Gasteiger partial charge is 0.277 e. The Hall–Kier alpha value is -1.97. The van der Waals surface area contributed by atoms with E-state index in [1.807, 2.05) is 5.38 Å². The number of H-pyrrole nitrogens is 1. The summed E-state index contributed by atoms with van der Waals surface area (Å²) in [7, 11) is 0. The third-order valence-electron chi connectivity index (χ3n) is 5.21. The van der Waals surface area contributed by atoms with Crippen LogP contribution in [-0.2, 0) is 5.75 Å². The summed E-state index contributed by atoms with van der Waals surface area (Å²) in [6.45, 7) is 2.07. The van der Waals surface area contributed by atoms with Crippen LogP contribution in [0.4, 0.5) is 0 Å². The molecule has 0 amide bonds. The monoisotopic (exact) mass is 444 g/mol. The molecule has 1 aliphatic rings. The van der Waals surface area contributed by atoms with Crippen molar-refractivity contribution in [3.63, 3.8) is 0 Å². The molecular weight excluding hydrogens is 424 g/mol. The first-order valence-electron chi connectivity index (χ1n) is 9.71. The summed E-state index contributed by atoms with van der Waals surface area (Å²) >= 11 is 4.61. The van der Waals surface area contributed by atoms with Gasteiger partial charge in [0.2, 0.25) is 5.89 Å². The van der Waals surface area contributed by atoms with E-state index in [1.165, 1.54) is 47.2 Å². The molecule has 29 heavy (non-hydrogen) atoms. The molecule has 1 saturated carbocycles. The van der Waals surface area contributed by atoms with E-state index in [1.54, 1.807) is 11.3 Å². The van der Waals surface area contributed by atoms with E-state index in [4.69, 9.17) is 4.42 Å². The molecule has 0 aromatic carbocycles. The van der Waals surface area contributed by atoms with Crippen molar-refractivity contribution in [3.05, 3.63) is 44.5 Å². The van der Waals surface area contributed by atoms with Crippen molar-refractivity contribution in [2.75, 3.05) is 0 Å². The van der Waals surface area contributed by atoms with Gasteiger partial charge in [0, 0.05) is 26.6 Å². The third-order valence-corrected chi connectivity index (χ3v) is 7.94. The van der Waals surface area contributed by atoms with Crippen LogP contribution in [0.2, 0.25) is 0 Å². The summed E-state index contributed by atoms with van der Waals surface area (Å²) in [5.74, 6) is 2.26. The van der Waals surface area contributed by atoms with Crippen LogP contribution in [0.1, 0.15) is 54.6 Å². The second kappa shape index (κ2) is 8.04. The molecule has 0 unspecified atom stereocenters. The fourth-order valence-corrected chi connectivity index (χ4v) is 6.31. The maximum atomic E-state index is 12.7. The number of rotatable bonds is 5. The summed E-state index contributed by atoms with van der Waals surface area (Å²) in [6, 6.07) is 4.13. The maximum Gasteiger partial charge on any atom is 0.277 e. The molecule has 4 heterocycles. The summed E-state index contributed by atoms with van der Waals surface area (Å²) < 4.78 is 5.85. The zero-order valence-corrected chi connectivity index (χ0v) is 18.4. The van der Waals surface area contributed by atoms with Gasteiger partial charge in [-0.05, 0) is 31.9 Å². The summed E-state index contributed by atoms with van der Waals surface area (Å²) in [6.07, 6.45) is 6.01. The van der Waals surface area contributed by atoms with Gasteiger partial charge in [-0.2, -0.15) is 0 Å². The van der Waals surface area contributed by atoms with Crippen molar-refractivity contribution in [1.82, 2.24) is 20.2 Å². The van der Waals surface area contributed by atoms with E-state index in [2.05, 4.69) is 39.2 Å². The predicted molar refractivity (Wildman–Crippen MR) is 118 cm³/mol. The second-order valence-electron chi connectivity index (χ2n) is 7.28. The number of aromatic nitrogens is 4. The average molecular weight is 445 g/mol. The van der Waals surface area contributed by atoms with Gasteiger partial charge in [-0.15, -0.1) is 32.9 Å². The van der Waals surface area contributed by atoms with Crippen molar-refractivity contribution in [3.8, 4) is 10.4 Å². The van der Waals surface area contributed by atoms with E-state index >= 15 is 0 Å². The van der Waals surface area contributed by atoms with Crippen LogP contribution in [0.15, 0.2) is 31.9 Å². The Labute approximate surface area is 179 Å². The SMILES string of the molecule is Cc1ccc(-c2csc3nc(CSc4nnc(C5CCCCC5)o4)[nH]c(=O)c23)s1. The first-order valence-corrected chi connectivity index (χ1v) is 12.4. The first kappa shape index (κ1) is 19.0. The van der Waals surface area contributed by atoms with E-state index in [0.29, 0.717) is 28.1 Å². The van der Waals surface area contributed by atoms with E-state index in [9.17, 15) is 4.79 Å². The van der Waals surface area contributed by atoms with Gasteiger partial charge in [-0.3, -0.25) is 4.79 Å². The number of hydrogen-bond donors (Lipinski definition) is 1. The van der Waals surface area contributed by atoms with Crippen LogP contribution in [-0.4, -0.2) is 20.2 Å². The van der Waals surface area contributed by atoms with Gasteiger partial charge in [0.05, 0.1) is 11.1 Å². The molecule has 0 radical (unpaired) electrons. The fraction of sp³-hybridized carbons (Fsp3) is 0.400. The van der Waals surface area contributed by atoms with Crippen LogP contribution in [0.25, 0.3) is 20.7 Å². The minimum absolute atomic E-state index is 0.0960. The first-order chi connectivity index (χ1) is 14.2. The summed E-state index contributed by atoms with van der Waals surface area (Å²) in [5, 5.41) is 11.6. The maximum absolute atomic E-state index is 12.7. The van der Waals surface area contributed by atoms with Gasteiger partial charge in [0.1, 0.15) is 10.7 Å². The molecule has 1 N–H and O–H groups in total. The number of aromatic amines is 1. The number of hydrogen-bond acceptors (Lipinski definition) is 8. The topological polar surface area (TPSA) is 84.7 Å². The van der Waals surface area contributed by atoms with E-state index in [-0.39, 0.29) is 5.56 Å². The minimum atomic E-state index is -0.0960. The number of thiophene rings is 2. The molecule has 4 aromatic rings. The molecular formula is C20H20N4O2S3. The van der Waals surface area contributed by atoms with Crippen LogP contribution < -0.4 is 5.56 Å². The van der Waals surface area contributed by atoms with Crippen molar-refractivity contribution in [2.24, 2.45) is 0 Å². The zero-order valence-electron chi connectivity index (χ0n) is 15.9. The van der Waals surface area contributed by atoms with Gasteiger partial charge in [-0.1, -0.05) is 31.0 Å². The van der Waals surface area contributed by atoms with Crippen molar-refractivity contribution >= 4 is 44.7 Å². The third kappa shape index (κ3) is 3.91. The Bertz CT molecular complexity index is 1200. The lowest BCUT2D eigenvalue weighted by Crippen LogP contribution is -2.10. The van der Waals surface area contributed by atoms with Crippen molar-refractivity contribution in [2.45, 2.75) is 55.9 Å². The molecule has 150 valence electrons. The zero-order chi connectivity index (χ0) is 19.8. The summed E-state index contributed by atoms with van der Waals surface area (Å²) in [4.78, 5) is 23.4. The number of nitrogens with one attached hydrogen (secondary N) is 1. The van der Waals surface area contributed by atoms with Crippen molar-refractivity contribution < 1.29 is 4.42 Å². The molecule has 6 nitrogen and oxygen atoms in total. The number of fused-ring (bicyclic) bond motifs is 1. The Morgan fingerprint density at radius 1 is 1.24 bits per heavy atom. The highest BCUT2D eigenvalue weighted by Crippen LogP contribution is 2.36. The normalized spacial score (nSPS) is 15.3. The molecule has 5 rings (SSSR count). The molecule has 9 heteroatoms. The molecule has 1 fully saturated rings. The van der Waals surface area contributed by atoms with Crippen molar-refractivity contribution in [1.29, 1.82) is 0 Å². The predicted octanol–water partition coefficient (Wildman–Crippen LogP) is 5.74. The lowest BCUT2D eigenvalue weighted by Gasteiger charge is -2.17. The molecule has 0 saturated heterocycles.